The van der Waals surface area contributed by atoms with E-state index in [4.69, 9.17) is 0 Å². The van der Waals surface area contributed by atoms with Crippen LogP contribution in [0.25, 0.3) is 0 Å². The standard InChI is InChI=1S/C19H22N2O5S2/c1-27(23,24)17-9-2-3-10-18(17)28(25,26)20-14-15-7-6-8-16(13-15)19(22)21-11-4-5-12-21/h2-3,6-10,13,20H,4-5,11-12,14H2,1H3. The molecule has 0 spiro atoms. The van der Waals surface area contributed by atoms with Gasteiger partial charge in [0.15, 0.2) is 9.84 Å². The second-order valence-electron chi connectivity index (χ2n) is 6.74. The van der Waals surface area contributed by atoms with Gasteiger partial charge in [0.2, 0.25) is 10.0 Å². The number of sulfone groups is 1. The SMILES string of the molecule is CS(=O)(=O)c1ccccc1S(=O)(=O)NCc1cccc(C(=O)N2CCCC2)c1. The summed E-state index contributed by atoms with van der Waals surface area (Å²) >= 11 is 0. The first kappa shape index (κ1) is 20.5. The van der Waals surface area contributed by atoms with Gasteiger partial charge in [-0.25, -0.2) is 21.6 Å². The van der Waals surface area contributed by atoms with Crippen molar-refractivity contribution in [3.8, 4) is 0 Å². The highest BCUT2D eigenvalue weighted by Gasteiger charge is 2.23. The highest BCUT2D eigenvalue weighted by Crippen LogP contribution is 2.21. The maximum Gasteiger partial charge on any atom is 0.253 e. The maximum absolute atomic E-state index is 12.7. The number of benzene rings is 2. The van der Waals surface area contributed by atoms with Crippen LogP contribution in [0, 0.1) is 0 Å². The summed E-state index contributed by atoms with van der Waals surface area (Å²) in [6.07, 6.45) is 2.95. The molecule has 28 heavy (non-hydrogen) atoms. The number of rotatable bonds is 6. The number of amides is 1. The van der Waals surface area contributed by atoms with E-state index < -0.39 is 19.9 Å². The Hall–Kier alpha value is -2.23. The number of nitrogens with zero attached hydrogens (tertiary/aromatic N) is 1. The third-order valence-electron chi connectivity index (χ3n) is 4.57. The Labute approximate surface area is 165 Å². The van der Waals surface area contributed by atoms with Crippen LogP contribution >= 0.6 is 0 Å². The molecule has 1 aliphatic heterocycles. The second-order valence-corrected chi connectivity index (χ2v) is 10.5. The van der Waals surface area contributed by atoms with Crippen molar-refractivity contribution in [2.24, 2.45) is 0 Å². The first-order chi connectivity index (χ1) is 13.2. The van der Waals surface area contributed by atoms with Gasteiger partial charge in [-0.05, 0) is 42.7 Å². The monoisotopic (exact) mass is 422 g/mol. The lowest BCUT2D eigenvalue weighted by molar-refractivity contribution is 0.0792. The molecule has 1 aliphatic rings. The van der Waals surface area contributed by atoms with Crippen LogP contribution in [-0.2, 0) is 26.4 Å². The van der Waals surface area contributed by atoms with E-state index in [0.717, 1.165) is 32.2 Å². The van der Waals surface area contributed by atoms with Crippen molar-refractivity contribution in [1.82, 2.24) is 9.62 Å². The number of hydrogen-bond donors (Lipinski definition) is 1. The molecule has 0 bridgehead atoms. The summed E-state index contributed by atoms with van der Waals surface area (Å²) in [6, 6.07) is 12.2. The Balaban J connectivity index is 1.79. The number of nitrogens with one attached hydrogen (secondary N) is 1. The molecule has 150 valence electrons. The molecule has 0 atom stereocenters. The van der Waals surface area contributed by atoms with Gasteiger partial charge >= 0.3 is 0 Å². The fourth-order valence-electron chi connectivity index (χ4n) is 3.15. The Bertz CT molecular complexity index is 1090. The molecule has 3 rings (SSSR count). The van der Waals surface area contributed by atoms with Crippen molar-refractivity contribution < 1.29 is 21.6 Å². The minimum atomic E-state index is -4.05. The average molecular weight is 423 g/mol. The molecule has 0 saturated carbocycles. The van der Waals surface area contributed by atoms with Gasteiger partial charge in [-0.1, -0.05) is 24.3 Å². The molecule has 2 aromatic rings. The largest absolute Gasteiger partial charge is 0.339 e. The molecule has 1 N–H and O–H groups in total. The van der Waals surface area contributed by atoms with E-state index in [0.29, 0.717) is 11.1 Å². The van der Waals surface area contributed by atoms with E-state index in [1.165, 1.54) is 24.3 Å². The zero-order valence-electron chi connectivity index (χ0n) is 15.5. The van der Waals surface area contributed by atoms with Crippen LogP contribution in [0.1, 0.15) is 28.8 Å². The lowest BCUT2D eigenvalue weighted by Gasteiger charge is -2.16. The zero-order valence-corrected chi connectivity index (χ0v) is 17.1. The van der Waals surface area contributed by atoms with Crippen LogP contribution in [0.4, 0.5) is 0 Å². The molecule has 1 fully saturated rings. The van der Waals surface area contributed by atoms with Gasteiger partial charge in [0.1, 0.15) is 4.90 Å². The zero-order chi connectivity index (χ0) is 20.4. The molecule has 2 aromatic carbocycles. The van der Waals surface area contributed by atoms with Gasteiger partial charge in [-0.3, -0.25) is 4.79 Å². The quantitative estimate of drug-likeness (QED) is 0.765. The normalized spacial score (nSPS) is 15.0. The third-order valence-corrected chi connectivity index (χ3v) is 7.32. The Morgan fingerprint density at radius 2 is 1.61 bits per heavy atom. The van der Waals surface area contributed by atoms with Crippen molar-refractivity contribution in [2.75, 3.05) is 19.3 Å². The van der Waals surface area contributed by atoms with Crippen molar-refractivity contribution >= 4 is 25.8 Å². The van der Waals surface area contributed by atoms with E-state index in [2.05, 4.69) is 4.72 Å². The lowest BCUT2D eigenvalue weighted by Crippen LogP contribution is -2.28. The number of likely N-dealkylation sites (tertiary alicyclic amines) is 1. The van der Waals surface area contributed by atoms with Crippen LogP contribution in [-0.4, -0.2) is 47.0 Å². The summed E-state index contributed by atoms with van der Waals surface area (Å²) in [5.41, 5.74) is 1.13. The van der Waals surface area contributed by atoms with Crippen LogP contribution in [0.5, 0.6) is 0 Å². The fourth-order valence-corrected chi connectivity index (χ4v) is 5.80. The molecule has 9 heteroatoms. The van der Waals surface area contributed by atoms with E-state index in [-0.39, 0.29) is 22.2 Å². The Morgan fingerprint density at radius 3 is 2.25 bits per heavy atom. The topological polar surface area (TPSA) is 101 Å². The first-order valence-corrected chi connectivity index (χ1v) is 12.2. The Kier molecular flexibility index (Phi) is 5.87. The number of carbonyl (C=O) groups is 1. The van der Waals surface area contributed by atoms with Gasteiger partial charge in [0, 0.05) is 31.5 Å². The van der Waals surface area contributed by atoms with E-state index in [1.807, 2.05) is 0 Å². The summed E-state index contributed by atoms with van der Waals surface area (Å²) in [4.78, 5) is 13.7. The third kappa shape index (κ3) is 4.60. The predicted octanol–water partition coefficient (Wildman–Crippen LogP) is 1.80. The summed E-state index contributed by atoms with van der Waals surface area (Å²) in [6.45, 7) is 1.41. The summed E-state index contributed by atoms with van der Waals surface area (Å²) in [5.74, 6) is -0.0652. The molecule has 1 saturated heterocycles. The molecule has 1 amide bonds. The van der Waals surface area contributed by atoms with Crippen molar-refractivity contribution in [3.05, 3.63) is 59.7 Å². The van der Waals surface area contributed by atoms with Crippen LogP contribution in [0.3, 0.4) is 0 Å². The van der Waals surface area contributed by atoms with Gasteiger partial charge in [0.25, 0.3) is 5.91 Å². The number of hydrogen-bond acceptors (Lipinski definition) is 5. The molecule has 0 unspecified atom stereocenters. The second kappa shape index (κ2) is 8.02. The Morgan fingerprint density at radius 1 is 0.964 bits per heavy atom. The fraction of sp³-hybridized carbons (Fsp3) is 0.316. The van der Waals surface area contributed by atoms with Crippen molar-refractivity contribution in [1.29, 1.82) is 0 Å². The van der Waals surface area contributed by atoms with Crippen LogP contribution in [0.15, 0.2) is 58.3 Å². The van der Waals surface area contributed by atoms with Crippen molar-refractivity contribution in [2.45, 2.75) is 29.2 Å². The minimum Gasteiger partial charge on any atom is -0.339 e. The number of sulfonamides is 1. The molecule has 1 heterocycles. The van der Waals surface area contributed by atoms with Crippen LogP contribution in [0.2, 0.25) is 0 Å². The number of carbonyl (C=O) groups excluding carboxylic acids is 1. The van der Waals surface area contributed by atoms with Crippen molar-refractivity contribution in [3.63, 3.8) is 0 Å². The van der Waals surface area contributed by atoms with E-state index in [1.54, 1.807) is 29.2 Å². The van der Waals surface area contributed by atoms with Gasteiger partial charge in [-0.15, -0.1) is 0 Å². The average Bonchev–Trinajstić information content (AvgIpc) is 3.20. The highest BCUT2D eigenvalue weighted by atomic mass is 32.2. The summed E-state index contributed by atoms with van der Waals surface area (Å²) < 4.78 is 51.5. The molecule has 7 nitrogen and oxygen atoms in total. The molecular weight excluding hydrogens is 400 g/mol. The smallest absolute Gasteiger partial charge is 0.253 e. The highest BCUT2D eigenvalue weighted by molar-refractivity contribution is 7.93. The van der Waals surface area contributed by atoms with Gasteiger partial charge in [0.05, 0.1) is 4.90 Å². The molecule has 0 radical (unpaired) electrons. The van der Waals surface area contributed by atoms with Gasteiger partial charge < -0.3 is 4.90 Å². The summed E-state index contributed by atoms with van der Waals surface area (Å²) in [7, 11) is -7.74. The molecule has 0 aliphatic carbocycles. The lowest BCUT2D eigenvalue weighted by atomic mass is 10.1. The maximum atomic E-state index is 12.7. The van der Waals surface area contributed by atoms with Gasteiger partial charge in [-0.2, -0.15) is 0 Å². The minimum absolute atomic E-state index is 0.0540. The van der Waals surface area contributed by atoms with E-state index in [9.17, 15) is 21.6 Å². The van der Waals surface area contributed by atoms with Crippen LogP contribution < -0.4 is 4.72 Å². The summed E-state index contributed by atoms with van der Waals surface area (Å²) in [5, 5.41) is 0. The predicted molar refractivity (Wildman–Crippen MR) is 105 cm³/mol. The van der Waals surface area contributed by atoms with E-state index >= 15 is 0 Å². The molecular formula is C19H22N2O5S2. The first-order valence-electron chi connectivity index (χ1n) is 8.85. The molecule has 0 aromatic heterocycles.